The molecular formula is C16H25N3O. The van der Waals surface area contributed by atoms with Crippen molar-refractivity contribution >= 4 is 5.69 Å². The van der Waals surface area contributed by atoms with E-state index in [0.29, 0.717) is 12.6 Å². The van der Waals surface area contributed by atoms with Crippen molar-refractivity contribution in [1.82, 2.24) is 10.3 Å². The lowest BCUT2D eigenvalue weighted by molar-refractivity contribution is 0.205. The van der Waals surface area contributed by atoms with Crippen molar-refractivity contribution < 1.29 is 4.74 Å². The highest BCUT2D eigenvalue weighted by atomic mass is 16.5. The minimum atomic E-state index is 0.705. The van der Waals surface area contributed by atoms with Gasteiger partial charge in [0, 0.05) is 55.9 Å². The lowest BCUT2D eigenvalue weighted by Crippen LogP contribution is -2.29. The highest BCUT2D eigenvalue weighted by Crippen LogP contribution is 2.24. The third-order valence-electron chi connectivity index (χ3n) is 3.51. The molecule has 1 N–H and O–H groups in total. The molecule has 0 radical (unpaired) electrons. The minimum absolute atomic E-state index is 0.705. The molecule has 1 heterocycles. The van der Waals surface area contributed by atoms with Gasteiger partial charge in [0.25, 0.3) is 0 Å². The molecule has 0 saturated heterocycles. The zero-order valence-corrected chi connectivity index (χ0v) is 12.6. The predicted octanol–water partition coefficient (Wildman–Crippen LogP) is 2.28. The highest BCUT2D eigenvalue weighted by molar-refractivity contribution is 5.54. The quantitative estimate of drug-likeness (QED) is 0.702. The van der Waals surface area contributed by atoms with Gasteiger partial charge in [-0.2, -0.15) is 0 Å². The molecule has 4 nitrogen and oxygen atoms in total. The number of methoxy groups -OCH3 is 1. The summed E-state index contributed by atoms with van der Waals surface area (Å²) in [7, 11) is 1.74. The van der Waals surface area contributed by atoms with E-state index in [2.05, 4.69) is 27.8 Å². The fourth-order valence-corrected chi connectivity index (χ4v) is 2.21. The Morgan fingerprint density at radius 1 is 1.55 bits per heavy atom. The van der Waals surface area contributed by atoms with Crippen LogP contribution in [0, 0.1) is 6.92 Å². The van der Waals surface area contributed by atoms with Crippen LogP contribution in [0.1, 0.15) is 24.1 Å². The van der Waals surface area contributed by atoms with Crippen molar-refractivity contribution in [2.45, 2.75) is 32.4 Å². The summed E-state index contributed by atoms with van der Waals surface area (Å²) in [5.74, 6) is 0. The molecule has 1 fully saturated rings. The van der Waals surface area contributed by atoms with Gasteiger partial charge in [0.2, 0.25) is 0 Å². The van der Waals surface area contributed by atoms with Gasteiger partial charge in [-0.15, -0.1) is 6.58 Å². The maximum absolute atomic E-state index is 5.21. The molecule has 110 valence electrons. The Balaban J connectivity index is 2.14. The van der Waals surface area contributed by atoms with Crippen LogP contribution in [-0.2, 0) is 11.3 Å². The average Bonchev–Trinajstić information content (AvgIpc) is 3.26. The molecule has 0 unspecified atom stereocenters. The Morgan fingerprint density at radius 3 is 3.00 bits per heavy atom. The molecule has 20 heavy (non-hydrogen) atoms. The first-order valence-electron chi connectivity index (χ1n) is 7.28. The van der Waals surface area contributed by atoms with E-state index in [0.717, 1.165) is 25.3 Å². The van der Waals surface area contributed by atoms with Crippen molar-refractivity contribution in [2.24, 2.45) is 0 Å². The van der Waals surface area contributed by atoms with E-state index in [9.17, 15) is 0 Å². The number of aromatic nitrogens is 1. The fraction of sp³-hybridized carbons (Fsp3) is 0.562. The molecule has 1 aliphatic carbocycles. The van der Waals surface area contributed by atoms with Crippen molar-refractivity contribution in [2.75, 3.05) is 31.7 Å². The number of nitrogens with zero attached hydrogens (tertiary/aromatic N) is 2. The van der Waals surface area contributed by atoms with E-state index >= 15 is 0 Å². The molecule has 0 bridgehead atoms. The lowest BCUT2D eigenvalue weighted by Gasteiger charge is -2.26. The lowest BCUT2D eigenvalue weighted by atomic mass is 10.1. The number of nitrogens with one attached hydrogen (secondary N) is 1. The highest BCUT2D eigenvalue weighted by Gasteiger charge is 2.21. The van der Waals surface area contributed by atoms with Crippen LogP contribution in [0.4, 0.5) is 5.69 Å². The number of hydrogen-bond acceptors (Lipinski definition) is 4. The number of aryl methyl sites for hydroxylation is 1. The predicted molar refractivity (Wildman–Crippen MR) is 83.1 cm³/mol. The smallest absolute Gasteiger partial charge is 0.0637 e. The van der Waals surface area contributed by atoms with Gasteiger partial charge in [0.1, 0.15) is 0 Å². The Hall–Kier alpha value is -1.39. The Morgan fingerprint density at radius 2 is 2.35 bits per heavy atom. The Bertz CT molecular complexity index is 443. The number of ether oxygens (including phenoxy) is 1. The van der Waals surface area contributed by atoms with Crippen molar-refractivity contribution in [3.63, 3.8) is 0 Å². The molecule has 4 heteroatoms. The molecule has 1 saturated carbocycles. The van der Waals surface area contributed by atoms with Gasteiger partial charge in [0.05, 0.1) is 6.61 Å². The first kappa shape index (κ1) is 15.0. The Labute approximate surface area is 121 Å². The monoisotopic (exact) mass is 275 g/mol. The average molecular weight is 275 g/mol. The molecule has 0 spiro atoms. The van der Waals surface area contributed by atoms with Crippen LogP contribution in [0.5, 0.6) is 0 Å². The number of rotatable bonds is 9. The maximum Gasteiger partial charge on any atom is 0.0637 e. The topological polar surface area (TPSA) is 37.4 Å². The van der Waals surface area contributed by atoms with Crippen LogP contribution in [0.3, 0.4) is 0 Å². The van der Waals surface area contributed by atoms with Crippen molar-refractivity contribution in [3.05, 3.63) is 36.2 Å². The third-order valence-corrected chi connectivity index (χ3v) is 3.51. The standard InChI is InChI=1S/C16H25N3O/c1-4-7-19(8-9-20-3)16-10-13(2)17-11-14(16)12-18-15-5-6-15/h4,10-11,15,18H,1,5-9,12H2,2-3H3. The van der Waals surface area contributed by atoms with Gasteiger partial charge in [-0.1, -0.05) is 6.08 Å². The van der Waals surface area contributed by atoms with Gasteiger partial charge in [-0.05, 0) is 25.8 Å². The summed E-state index contributed by atoms with van der Waals surface area (Å²) in [4.78, 5) is 6.74. The van der Waals surface area contributed by atoms with Gasteiger partial charge >= 0.3 is 0 Å². The molecule has 0 atom stereocenters. The van der Waals surface area contributed by atoms with Gasteiger partial charge in [-0.25, -0.2) is 0 Å². The summed E-state index contributed by atoms with van der Waals surface area (Å²) in [6.45, 7) is 9.17. The number of hydrogen-bond donors (Lipinski definition) is 1. The zero-order chi connectivity index (χ0) is 14.4. The maximum atomic E-state index is 5.21. The molecule has 0 amide bonds. The molecule has 1 aliphatic rings. The molecule has 0 aromatic carbocycles. The van der Waals surface area contributed by atoms with Crippen molar-refractivity contribution in [3.8, 4) is 0 Å². The van der Waals surface area contributed by atoms with E-state index in [1.54, 1.807) is 7.11 Å². The van der Waals surface area contributed by atoms with Crippen LogP contribution in [-0.4, -0.2) is 37.8 Å². The number of pyridine rings is 1. The third kappa shape index (κ3) is 4.32. The van der Waals surface area contributed by atoms with E-state index in [-0.39, 0.29) is 0 Å². The SMILES string of the molecule is C=CCN(CCOC)c1cc(C)ncc1CNC1CC1. The van der Waals surface area contributed by atoms with Crippen LogP contribution >= 0.6 is 0 Å². The summed E-state index contributed by atoms with van der Waals surface area (Å²) in [5.41, 5.74) is 3.53. The van der Waals surface area contributed by atoms with Crippen LogP contribution in [0.25, 0.3) is 0 Å². The van der Waals surface area contributed by atoms with E-state index in [1.807, 2.05) is 19.2 Å². The fourth-order valence-electron chi connectivity index (χ4n) is 2.21. The zero-order valence-electron chi connectivity index (χ0n) is 12.6. The molecule has 1 aromatic rings. The summed E-state index contributed by atoms with van der Waals surface area (Å²) in [5, 5.41) is 3.56. The number of anilines is 1. The second kappa shape index (κ2) is 7.41. The first-order chi connectivity index (χ1) is 9.74. The van der Waals surface area contributed by atoms with Crippen LogP contribution in [0.2, 0.25) is 0 Å². The van der Waals surface area contributed by atoms with Crippen LogP contribution in [0.15, 0.2) is 24.9 Å². The van der Waals surface area contributed by atoms with Crippen LogP contribution < -0.4 is 10.2 Å². The molecule has 2 rings (SSSR count). The Kier molecular flexibility index (Phi) is 5.56. The summed E-state index contributed by atoms with van der Waals surface area (Å²) < 4.78 is 5.21. The van der Waals surface area contributed by atoms with Gasteiger partial charge in [0.15, 0.2) is 0 Å². The first-order valence-corrected chi connectivity index (χ1v) is 7.28. The largest absolute Gasteiger partial charge is 0.383 e. The summed E-state index contributed by atoms with van der Waals surface area (Å²) in [6.07, 6.45) is 6.52. The van der Waals surface area contributed by atoms with E-state index in [1.165, 1.54) is 24.1 Å². The summed E-state index contributed by atoms with van der Waals surface area (Å²) in [6, 6.07) is 2.86. The second-order valence-corrected chi connectivity index (χ2v) is 5.34. The summed E-state index contributed by atoms with van der Waals surface area (Å²) >= 11 is 0. The van der Waals surface area contributed by atoms with Crippen molar-refractivity contribution in [1.29, 1.82) is 0 Å². The van der Waals surface area contributed by atoms with E-state index in [4.69, 9.17) is 4.74 Å². The normalized spacial score (nSPS) is 14.3. The molecule has 1 aromatic heterocycles. The van der Waals surface area contributed by atoms with Gasteiger partial charge < -0.3 is 15.0 Å². The minimum Gasteiger partial charge on any atom is -0.383 e. The molecular weight excluding hydrogens is 250 g/mol. The second-order valence-electron chi connectivity index (χ2n) is 5.34. The van der Waals surface area contributed by atoms with E-state index < -0.39 is 0 Å². The van der Waals surface area contributed by atoms with Gasteiger partial charge in [-0.3, -0.25) is 4.98 Å². The molecule has 0 aliphatic heterocycles.